The highest BCUT2D eigenvalue weighted by atomic mass is 16.3. The molecule has 2 atom stereocenters. The second-order valence-electron chi connectivity index (χ2n) is 7.91. The molecule has 0 saturated carbocycles. The molecule has 3 N–H and O–H groups in total. The quantitative estimate of drug-likeness (QED) is 0.434. The Morgan fingerprint density at radius 2 is 1.84 bits per heavy atom. The van der Waals surface area contributed by atoms with Crippen molar-refractivity contribution in [1.29, 1.82) is 0 Å². The van der Waals surface area contributed by atoms with Gasteiger partial charge in [0, 0.05) is 31.0 Å². The van der Waals surface area contributed by atoms with Crippen LogP contribution in [0.15, 0.2) is 55.0 Å². The number of aliphatic hydroxyl groups excluding tert-OH is 2. The van der Waals surface area contributed by atoms with Crippen LogP contribution in [0, 0.1) is 0 Å². The number of aromatic nitrogens is 6. The summed E-state index contributed by atoms with van der Waals surface area (Å²) in [6, 6.07) is 11.2. The first-order valence-electron chi connectivity index (χ1n) is 10.5. The van der Waals surface area contributed by atoms with E-state index >= 15 is 0 Å². The smallest absolute Gasteiger partial charge is 0.254 e. The van der Waals surface area contributed by atoms with Gasteiger partial charge in [0.2, 0.25) is 0 Å². The topological polar surface area (TPSA) is 133 Å². The highest BCUT2D eigenvalue weighted by molar-refractivity contribution is 5.82. The molecule has 164 valence electrons. The monoisotopic (exact) mass is 433 g/mol. The summed E-state index contributed by atoms with van der Waals surface area (Å²) in [7, 11) is 0. The first kappa shape index (κ1) is 20.3. The maximum absolute atomic E-state index is 12.8. The molecule has 1 aliphatic rings. The number of H-pyrrole nitrogens is 1. The van der Waals surface area contributed by atoms with E-state index in [4.69, 9.17) is 0 Å². The van der Waals surface area contributed by atoms with Crippen LogP contribution in [0.25, 0.3) is 22.3 Å². The zero-order valence-electron chi connectivity index (χ0n) is 17.2. The zero-order chi connectivity index (χ0) is 22.1. The van der Waals surface area contributed by atoms with Gasteiger partial charge < -0.3 is 20.1 Å². The summed E-state index contributed by atoms with van der Waals surface area (Å²) < 4.78 is 1.83. The highest BCUT2D eigenvalue weighted by Gasteiger charge is 2.34. The second-order valence-corrected chi connectivity index (χ2v) is 7.91. The van der Waals surface area contributed by atoms with Crippen molar-refractivity contribution < 1.29 is 15.0 Å². The van der Waals surface area contributed by atoms with E-state index in [1.54, 1.807) is 23.4 Å². The number of rotatable bonds is 5. The molecule has 32 heavy (non-hydrogen) atoms. The summed E-state index contributed by atoms with van der Waals surface area (Å²) >= 11 is 0. The SMILES string of the molecule is O=C(C(O)C(O)c1nc2ccccc2[nH]1)N1CCC(n2cc(-c3ccncc3)nn2)CC1. The van der Waals surface area contributed by atoms with E-state index in [1.165, 1.54) is 0 Å². The average molecular weight is 433 g/mol. The molecular formula is C22H23N7O3. The molecule has 1 aromatic carbocycles. The number of carbonyl (C=O) groups excluding carboxylic acids is 1. The van der Waals surface area contributed by atoms with E-state index in [0.29, 0.717) is 31.4 Å². The van der Waals surface area contributed by atoms with Crippen molar-refractivity contribution in [3.63, 3.8) is 0 Å². The van der Waals surface area contributed by atoms with Gasteiger partial charge in [0.1, 0.15) is 17.6 Å². The predicted octanol–water partition coefficient (Wildman–Crippen LogP) is 1.47. The van der Waals surface area contributed by atoms with Crippen molar-refractivity contribution in [1.82, 2.24) is 34.8 Å². The summed E-state index contributed by atoms with van der Waals surface area (Å²) in [5.74, 6) is -0.333. The van der Waals surface area contributed by atoms with Crippen LogP contribution in [0.2, 0.25) is 0 Å². The van der Waals surface area contributed by atoms with Gasteiger partial charge in [-0.15, -0.1) is 5.10 Å². The lowest BCUT2D eigenvalue weighted by Gasteiger charge is -2.33. The fourth-order valence-corrected chi connectivity index (χ4v) is 4.05. The summed E-state index contributed by atoms with van der Waals surface area (Å²) in [6.07, 6.45) is 3.67. The van der Waals surface area contributed by atoms with Crippen molar-refractivity contribution in [2.24, 2.45) is 0 Å². The number of pyridine rings is 1. The third-order valence-corrected chi connectivity index (χ3v) is 5.88. The van der Waals surface area contributed by atoms with Crippen LogP contribution in [-0.4, -0.2) is 70.2 Å². The van der Waals surface area contributed by atoms with Gasteiger partial charge >= 0.3 is 0 Å². The van der Waals surface area contributed by atoms with Crippen molar-refractivity contribution >= 4 is 16.9 Å². The largest absolute Gasteiger partial charge is 0.382 e. The van der Waals surface area contributed by atoms with E-state index in [2.05, 4.69) is 25.3 Å². The zero-order valence-corrected chi connectivity index (χ0v) is 17.2. The van der Waals surface area contributed by atoms with Crippen molar-refractivity contribution in [2.75, 3.05) is 13.1 Å². The number of fused-ring (bicyclic) bond motifs is 1. The first-order valence-corrected chi connectivity index (χ1v) is 10.5. The van der Waals surface area contributed by atoms with Crippen LogP contribution in [0.4, 0.5) is 0 Å². The van der Waals surface area contributed by atoms with E-state index < -0.39 is 18.1 Å². The molecule has 3 aromatic heterocycles. The van der Waals surface area contributed by atoms with E-state index in [0.717, 1.165) is 16.8 Å². The van der Waals surface area contributed by atoms with Crippen LogP contribution in [0.1, 0.15) is 30.8 Å². The van der Waals surface area contributed by atoms with Crippen LogP contribution >= 0.6 is 0 Å². The molecule has 1 aliphatic heterocycles. The summed E-state index contributed by atoms with van der Waals surface area (Å²) in [6.45, 7) is 0.912. The minimum atomic E-state index is -1.59. The van der Waals surface area contributed by atoms with Crippen molar-refractivity contribution in [3.8, 4) is 11.3 Å². The molecular weight excluding hydrogens is 410 g/mol. The number of aromatic amines is 1. The molecule has 1 fully saturated rings. The molecule has 4 heterocycles. The Morgan fingerprint density at radius 3 is 2.59 bits per heavy atom. The number of amides is 1. The van der Waals surface area contributed by atoms with Gasteiger partial charge in [-0.1, -0.05) is 17.3 Å². The number of aliphatic hydroxyl groups is 2. The van der Waals surface area contributed by atoms with Crippen molar-refractivity contribution in [2.45, 2.75) is 31.1 Å². The Labute approximate surface area is 183 Å². The molecule has 0 spiro atoms. The minimum Gasteiger partial charge on any atom is -0.382 e. The Balaban J connectivity index is 1.21. The molecule has 0 radical (unpaired) electrons. The fourth-order valence-electron chi connectivity index (χ4n) is 4.05. The Hall–Kier alpha value is -3.63. The molecule has 2 unspecified atom stereocenters. The van der Waals surface area contributed by atoms with Crippen LogP contribution in [0.5, 0.6) is 0 Å². The van der Waals surface area contributed by atoms with Gasteiger partial charge in [0.15, 0.2) is 6.10 Å². The molecule has 1 amide bonds. The molecule has 4 aromatic rings. The summed E-state index contributed by atoms with van der Waals surface area (Å²) in [5, 5.41) is 29.5. The van der Waals surface area contributed by atoms with Gasteiger partial charge in [-0.3, -0.25) is 9.78 Å². The van der Waals surface area contributed by atoms with E-state index in [-0.39, 0.29) is 11.9 Å². The van der Waals surface area contributed by atoms with Crippen LogP contribution in [-0.2, 0) is 4.79 Å². The van der Waals surface area contributed by atoms with Gasteiger partial charge in [0.05, 0.1) is 23.3 Å². The van der Waals surface area contributed by atoms with Gasteiger partial charge in [-0.05, 0) is 37.1 Å². The number of para-hydroxylation sites is 2. The fraction of sp³-hybridized carbons (Fsp3) is 0.318. The molecule has 0 aliphatic carbocycles. The minimum absolute atomic E-state index is 0.111. The third kappa shape index (κ3) is 3.85. The molecule has 10 heteroatoms. The standard InChI is InChI=1S/C22H23N7O3/c30-19(21-24-16-3-1-2-4-17(16)25-21)20(31)22(32)28-11-7-15(8-12-28)29-13-18(26-27-29)14-5-9-23-10-6-14/h1-6,9-10,13,15,19-20,30-31H,7-8,11-12H2,(H,24,25). The van der Waals surface area contributed by atoms with Gasteiger partial charge in [-0.2, -0.15) is 0 Å². The lowest BCUT2D eigenvalue weighted by molar-refractivity contribution is -0.148. The average Bonchev–Trinajstić information content (AvgIpc) is 3.51. The maximum Gasteiger partial charge on any atom is 0.254 e. The maximum atomic E-state index is 12.8. The third-order valence-electron chi connectivity index (χ3n) is 5.88. The Bertz CT molecular complexity index is 1180. The van der Waals surface area contributed by atoms with Gasteiger partial charge in [-0.25, -0.2) is 9.67 Å². The summed E-state index contributed by atoms with van der Waals surface area (Å²) in [5.41, 5.74) is 3.12. The first-order chi connectivity index (χ1) is 15.6. The lowest BCUT2D eigenvalue weighted by Crippen LogP contribution is -2.46. The molecule has 5 rings (SSSR count). The van der Waals surface area contributed by atoms with Crippen LogP contribution < -0.4 is 0 Å². The van der Waals surface area contributed by atoms with Crippen molar-refractivity contribution in [3.05, 3.63) is 60.8 Å². The number of nitrogens with one attached hydrogen (secondary N) is 1. The number of hydrogen-bond acceptors (Lipinski definition) is 7. The number of piperidine rings is 1. The second kappa shape index (κ2) is 8.48. The van der Waals surface area contributed by atoms with Crippen LogP contribution in [0.3, 0.4) is 0 Å². The number of carbonyl (C=O) groups is 1. The van der Waals surface area contributed by atoms with E-state index in [1.807, 2.05) is 41.2 Å². The number of nitrogens with zero attached hydrogens (tertiary/aromatic N) is 6. The molecule has 0 bridgehead atoms. The molecule has 1 saturated heterocycles. The summed E-state index contributed by atoms with van der Waals surface area (Å²) in [4.78, 5) is 25.6. The van der Waals surface area contributed by atoms with Gasteiger partial charge in [0.25, 0.3) is 5.91 Å². The molecule has 10 nitrogen and oxygen atoms in total. The number of likely N-dealkylation sites (tertiary alicyclic amines) is 1. The number of hydrogen-bond donors (Lipinski definition) is 3. The normalized spacial score (nSPS) is 16.9. The highest BCUT2D eigenvalue weighted by Crippen LogP contribution is 2.26. The lowest BCUT2D eigenvalue weighted by atomic mass is 10.0. The Kier molecular flexibility index (Phi) is 5.38. The Morgan fingerprint density at radius 1 is 1.09 bits per heavy atom. The van der Waals surface area contributed by atoms with E-state index in [9.17, 15) is 15.0 Å². The predicted molar refractivity (Wildman–Crippen MR) is 115 cm³/mol. The number of imidazole rings is 1. The number of benzene rings is 1.